The van der Waals surface area contributed by atoms with Crippen LogP contribution < -0.4 is 0 Å². The van der Waals surface area contributed by atoms with Crippen LogP contribution in [0.1, 0.15) is 0 Å². The summed E-state index contributed by atoms with van der Waals surface area (Å²) in [5, 5.41) is 6.86. The van der Waals surface area contributed by atoms with Gasteiger partial charge in [0.05, 0.1) is 16.6 Å². The van der Waals surface area contributed by atoms with E-state index in [0.29, 0.717) is 17.5 Å². The first-order chi connectivity index (χ1) is 28.2. The molecule has 266 valence electrons. The van der Waals surface area contributed by atoms with E-state index >= 15 is 0 Å². The number of para-hydroxylation sites is 2. The van der Waals surface area contributed by atoms with Crippen molar-refractivity contribution in [2.45, 2.75) is 0 Å². The summed E-state index contributed by atoms with van der Waals surface area (Å²) in [7, 11) is 0. The molecule has 0 unspecified atom stereocenters. The van der Waals surface area contributed by atoms with E-state index in [-0.39, 0.29) is 0 Å². The highest BCUT2D eigenvalue weighted by molar-refractivity contribution is 7.25. The lowest BCUT2D eigenvalue weighted by atomic mass is 9.98. The van der Waals surface area contributed by atoms with E-state index in [0.717, 1.165) is 66.5 Å². The van der Waals surface area contributed by atoms with Gasteiger partial charge in [-0.2, -0.15) is 0 Å². The number of fused-ring (bicyclic) bond motifs is 9. The fourth-order valence-corrected chi connectivity index (χ4v) is 9.56. The van der Waals surface area contributed by atoms with Crippen molar-refractivity contribution in [1.29, 1.82) is 0 Å². The predicted octanol–water partition coefficient (Wildman–Crippen LogP) is 13.9. The minimum atomic E-state index is 0.544. The molecular formula is C51H30N4OS. The Kier molecular flexibility index (Phi) is 7.03. The Morgan fingerprint density at radius 1 is 0.404 bits per heavy atom. The molecule has 0 atom stereocenters. The van der Waals surface area contributed by atoms with Crippen LogP contribution in [0.5, 0.6) is 0 Å². The minimum absolute atomic E-state index is 0.544. The van der Waals surface area contributed by atoms with E-state index in [1.54, 1.807) is 11.3 Å². The Labute approximate surface area is 330 Å². The molecule has 0 aliphatic rings. The van der Waals surface area contributed by atoms with E-state index in [9.17, 15) is 0 Å². The molecule has 12 aromatic rings. The average molecular weight is 747 g/mol. The van der Waals surface area contributed by atoms with Crippen molar-refractivity contribution < 1.29 is 4.42 Å². The lowest BCUT2D eigenvalue weighted by Crippen LogP contribution is -2.01. The SMILES string of the molecule is c1ccc(-c2nc(-c3ccc4sc5ccccc5c4c3)nc(-c3cc(-n4c5ccccc5c5ccccc54)cc4c3oc3cccc(-c5ccccc5)c34)n2)cc1. The van der Waals surface area contributed by atoms with Crippen LogP contribution >= 0.6 is 11.3 Å². The second-order valence-corrected chi connectivity index (χ2v) is 15.5. The Morgan fingerprint density at radius 3 is 1.77 bits per heavy atom. The maximum atomic E-state index is 6.93. The molecule has 4 aromatic heterocycles. The van der Waals surface area contributed by atoms with E-state index in [1.165, 1.54) is 30.9 Å². The lowest BCUT2D eigenvalue weighted by molar-refractivity contribution is 0.669. The summed E-state index contributed by atoms with van der Waals surface area (Å²) in [6.45, 7) is 0. The van der Waals surface area contributed by atoms with Crippen LogP contribution in [0.25, 0.3) is 115 Å². The number of benzene rings is 8. The standard InChI is InChI=1S/C51H30N4OS/c1-3-14-31(15-4-1)35-21-13-24-44-47(35)40-29-34(55-42-22-10-7-18-36(42)37-19-8-11-23-43(37)55)30-41(48(40)56-44)51-53-49(32-16-5-2-6-17-32)52-50(54-51)33-26-27-46-39(28-33)38-20-9-12-25-45(38)57-46/h1-30H. The fraction of sp³-hybridized carbons (Fsp3) is 0. The van der Waals surface area contributed by atoms with Gasteiger partial charge in [-0.3, -0.25) is 0 Å². The molecule has 6 heteroatoms. The van der Waals surface area contributed by atoms with Crippen LogP contribution in [-0.4, -0.2) is 19.5 Å². The Bertz CT molecular complexity index is 3470. The highest BCUT2D eigenvalue weighted by Crippen LogP contribution is 2.44. The van der Waals surface area contributed by atoms with Gasteiger partial charge in [-0.1, -0.05) is 127 Å². The number of thiophene rings is 1. The Hall–Kier alpha value is -7.41. The van der Waals surface area contributed by atoms with E-state index in [2.05, 4.69) is 168 Å². The predicted molar refractivity (Wildman–Crippen MR) is 236 cm³/mol. The van der Waals surface area contributed by atoms with Crippen LogP contribution in [0, 0.1) is 0 Å². The number of rotatable bonds is 5. The van der Waals surface area contributed by atoms with Crippen LogP contribution in [0.2, 0.25) is 0 Å². The molecule has 0 N–H and O–H groups in total. The highest BCUT2D eigenvalue weighted by atomic mass is 32.1. The minimum Gasteiger partial charge on any atom is -0.455 e. The first kappa shape index (κ1) is 31.9. The molecule has 0 amide bonds. The molecule has 0 aliphatic carbocycles. The van der Waals surface area contributed by atoms with Gasteiger partial charge in [0.1, 0.15) is 11.2 Å². The lowest BCUT2D eigenvalue weighted by Gasteiger charge is -2.13. The van der Waals surface area contributed by atoms with E-state index in [4.69, 9.17) is 19.4 Å². The van der Waals surface area contributed by atoms with Gasteiger partial charge in [-0.15, -0.1) is 11.3 Å². The summed E-state index contributed by atoms with van der Waals surface area (Å²) in [6.07, 6.45) is 0. The number of hydrogen-bond acceptors (Lipinski definition) is 5. The molecule has 0 radical (unpaired) electrons. The molecule has 4 heterocycles. The zero-order chi connectivity index (χ0) is 37.5. The Morgan fingerprint density at radius 2 is 1.02 bits per heavy atom. The second-order valence-electron chi connectivity index (χ2n) is 14.4. The molecule has 12 rings (SSSR count). The van der Waals surface area contributed by atoms with Gasteiger partial charge in [0.2, 0.25) is 0 Å². The van der Waals surface area contributed by atoms with Crippen molar-refractivity contribution in [1.82, 2.24) is 19.5 Å². The van der Waals surface area contributed by atoms with Crippen molar-refractivity contribution in [3.63, 3.8) is 0 Å². The summed E-state index contributed by atoms with van der Waals surface area (Å²) >= 11 is 1.80. The fourth-order valence-electron chi connectivity index (χ4n) is 8.47. The number of nitrogens with zero attached hydrogens (tertiary/aromatic N) is 4. The molecule has 8 aromatic carbocycles. The molecule has 0 aliphatic heterocycles. The third-order valence-corrected chi connectivity index (χ3v) is 12.2. The maximum Gasteiger partial charge on any atom is 0.167 e. The molecular weight excluding hydrogens is 717 g/mol. The Balaban J connectivity index is 1.19. The topological polar surface area (TPSA) is 56.7 Å². The van der Waals surface area contributed by atoms with Gasteiger partial charge < -0.3 is 8.98 Å². The van der Waals surface area contributed by atoms with E-state index in [1.807, 2.05) is 18.2 Å². The van der Waals surface area contributed by atoms with Gasteiger partial charge in [0, 0.05) is 58.5 Å². The zero-order valence-electron chi connectivity index (χ0n) is 30.4. The van der Waals surface area contributed by atoms with Crippen LogP contribution in [0.15, 0.2) is 186 Å². The summed E-state index contributed by atoms with van der Waals surface area (Å²) in [4.78, 5) is 15.7. The summed E-state index contributed by atoms with van der Waals surface area (Å²) in [5.41, 5.74) is 9.64. The first-order valence-corrected chi connectivity index (χ1v) is 19.8. The summed E-state index contributed by atoms with van der Waals surface area (Å²) in [5.74, 6) is 1.75. The maximum absolute atomic E-state index is 6.93. The van der Waals surface area contributed by atoms with Gasteiger partial charge in [-0.25, -0.2) is 15.0 Å². The smallest absolute Gasteiger partial charge is 0.167 e. The molecule has 0 saturated heterocycles. The average Bonchev–Trinajstić information content (AvgIpc) is 3.96. The first-order valence-electron chi connectivity index (χ1n) is 19.0. The van der Waals surface area contributed by atoms with Crippen LogP contribution in [0.3, 0.4) is 0 Å². The van der Waals surface area contributed by atoms with Crippen LogP contribution in [0.4, 0.5) is 0 Å². The normalized spacial score (nSPS) is 11.9. The highest BCUT2D eigenvalue weighted by Gasteiger charge is 2.23. The largest absolute Gasteiger partial charge is 0.455 e. The van der Waals surface area contributed by atoms with Crippen molar-refractivity contribution in [3.8, 4) is 51.0 Å². The van der Waals surface area contributed by atoms with Gasteiger partial charge in [-0.05, 0) is 65.7 Å². The third-order valence-electron chi connectivity index (χ3n) is 11.0. The third kappa shape index (κ3) is 5.04. The number of aromatic nitrogens is 4. The molecule has 57 heavy (non-hydrogen) atoms. The number of hydrogen-bond donors (Lipinski definition) is 0. The molecule has 0 fully saturated rings. The van der Waals surface area contributed by atoms with Gasteiger partial charge in [0.15, 0.2) is 17.5 Å². The number of furan rings is 1. The van der Waals surface area contributed by atoms with Gasteiger partial charge in [0.25, 0.3) is 0 Å². The molecule has 0 spiro atoms. The monoisotopic (exact) mass is 746 g/mol. The van der Waals surface area contributed by atoms with Crippen molar-refractivity contribution in [2.75, 3.05) is 0 Å². The van der Waals surface area contributed by atoms with E-state index < -0.39 is 0 Å². The second kappa shape index (κ2) is 12.6. The van der Waals surface area contributed by atoms with Crippen LogP contribution in [-0.2, 0) is 0 Å². The summed E-state index contributed by atoms with van der Waals surface area (Å²) in [6, 6.07) is 63.8. The quantitative estimate of drug-likeness (QED) is 0.176. The zero-order valence-corrected chi connectivity index (χ0v) is 31.2. The summed E-state index contributed by atoms with van der Waals surface area (Å²) < 4.78 is 11.8. The molecule has 5 nitrogen and oxygen atoms in total. The van der Waals surface area contributed by atoms with Crippen molar-refractivity contribution >= 4 is 75.3 Å². The van der Waals surface area contributed by atoms with Crippen molar-refractivity contribution in [3.05, 3.63) is 182 Å². The van der Waals surface area contributed by atoms with Gasteiger partial charge >= 0.3 is 0 Å². The van der Waals surface area contributed by atoms with Crippen molar-refractivity contribution in [2.24, 2.45) is 0 Å². The molecule has 0 saturated carbocycles. The molecule has 0 bridgehead atoms.